The third-order valence-corrected chi connectivity index (χ3v) is 5.37. The fourth-order valence-electron chi connectivity index (χ4n) is 3.87. The van der Waals surface area contributed by atoms with Crippen LogP contribution < -0.4 is 4.90 Å². The van der Waals surface area contributed by atoms with E-state index in [2.05, 4.69) is 9.88 Å². The monoisotopic (exact) mass is 378 g/mol. The highest BCUT2D eigenvalue weighted by Crippen LogP contribution is 2.26. The van der Waals surface area contributed by atoms with Crippen LogP contribution in [-0.2, 0) is 4.74 Å². The number of carbonyl (C=O) groups excluding carboxylic acids is 1. The number of hydrogen-bond acceptors (Lipinski definition) is 6. The predicted octanol–water partition coefficient (Wildman–Crippen LogP) is 3.04. The summed E-state index contributed by atoms with van der Waals surface area (Å²) in [7, 11) is 0. The molecule has 3 aromatic rings. The predicted molar refractivity (Wildman–Crippen MR) is 104 cm³/mol. The van der Waals surface area contributed by atoms with Crippen LogP contribution in [0.5, 0.6) is 0 Å². The molecule has 0 radical (unpaired) electrons. The quantitative estimate of drug-likeness (QED) is 0.698. The van der Waals surface area contributed by atoms with Gasteiger partial charge in [-0.3, -0.25) is 4.79 Å². The van der Waals surface area contributed by atoms with E-state index in [1.807, 2.05) is 30.3 Å². The number of aromatic nitrogens is 2. The van der Waals surface area contributed by atoms with Crippen LogP contribution in [0, 0.1) is 0 Å². The Hall–Kier alpha value is -2.93. The highest BCUT2D eigenvalue weighted by Gasteiger charge is 2.29. The van der Waals surface area contributed by atoms with Crippen molar-refractivity contribution in [2.24, 2.45) is 0 Å². The molecule has 2 aliphatic heterocycles. The lowest BCUT2D eigenvalue weighted by atomic mass is 10.2. The van der Waals surface area contributed by atoms with Crippen molar-refractivity contribution in [1.82, 2.24) is 14.9 Å². The van der Waals surface area contributed by atoms with Gasteiger partial charge in [0, 0.05) is 31.2 Å². The molecule has 2 fully saturated rings. The van der Waals surface area contributed by atoms with Crippen LogP contribution >= 0.6 is 0 Å². The Morgan fingerprint density at radius 3 is 2.82 bits per heavy atom. The number of nitrogens with zero attached hydrogens (tertiary/aromatic N) is 4. The molecule has 4 heterocycles. The molecule has 0 N–H and O–H groups in total. The van der Waals surface area contributed by atoms with Crippen molar-refractivity contribution in [3.63, 3.8) is 0 Å². The number of hydrogen-bond donors (Lipinski definition) is 0. The first-order valence-electron chi connectivity index (χ1n) is 9.75. The number of morpholine rings is 1. The summed E-state index contributed by atoms with van der Waals surface area (Å²) in [5.74, 6) is 1.000. The van der Waals surface area contributed by atoms with Crippen LogP contribution in [0.1, 0.15) is 35.2 Å². The van der Waals surface area contributed by atoms with Gasteiger partial charge in [0.1, 0.15) is 11.7 Å². The van der Waals surface area contributed by atoms with Gasteiger partial charge in [0.15, 0.2) is 5.76 Å². The summed E-state index contributed by atoms with van der Waals surface area (Å²) in [5.41, 5.74) is 1.54. The molecule has 0 spiro atoms. The van der Waals surface area contributed by atoms with Crippen LogP contribution in [0.25, 0.3) is 11.0 Å². The first-order chi connectivity index (χ1) is 13.8. The maximum absolute atomic E-state index is 13.0. The van der Waals surface area contributed by atoms with Crippen molar-refractivity contribution < 1.29 is 13.9 Å². The van der Waals surface area contributed by atoms with E-state index in [-0.39, 0.29) is 12.0 Å². The highest BCUT2D eigenvalue weighted by atomic mass is 16.5. The third-order valence-electron chi connectivity index (χ3n) is 5.37. The molecule has 5 rings (SSSR count). The molecule has 7 nitrogen and oxygen atoms in total. The topological polar surface area (TPSA) is 71.7 Å². The van der Waals surface area contributed by atoms with E-state index in [0.717, 1.165) is 35.7 Å². The Kier molecular flexibility index (Phi) is 4.44. The average molecular weight is 378 g/mol. The first kappa shape index (κ1) is 17.2. The number of furan rings is 1. The summed E-state index contributed by atoms with van der Waals surface area (Å²) < 4.78 is 11.7. The largest absolute Gasteiger partial charge is 0.451 e. The van der Waals surface area contributed by atoms with Crippen LogP contribution in [0.15, 0.2) is 47.0 Å². The summed E-state index contributed by atoms with van der Waals surface area (Å²) in [4.78, 5) is 26.1. The summed E-state index contributed by atoms with van der Waals surface area (Å²) in [6, 6.07) is 11.3. The summed E-state index contributed by atoms with van der Waals surface area (Å²) in [6.45, 7) is 3.44. The van der Waals surface area contributed by atoms with Gasteiger partial charge in [0.2, 0.25) is 5.95 Å². The fraction of sp³-hybridized carbons (Fsp3) is 0.381. The van der Waals surface area contributed by atoms with Gasteiger partial charge in [-0.25, -0.2) is 9.97 Å². The average Bonchev–Trinajstić information content (AvgIpc) is 3.43. The number of para-hydroxylation sites is 1. The minimum absolute atomic E-state index is 0.113. The Bertz CT molecular complexity index is 963. The molecule has 0 bridgehead atoms. The Balaban J connectivity index is 1.34. The molecule has 1 amide bonds. The van der Waals surface area contributed by atoms with Crippen molar-refractivity contribution in [2.45, 2.75) is 18.9 Å². The molecule has 2 saturated heterocycles. The first-order valence-corrected chi connectivity index (χ1v) is 9.75. The number of rotatable bonds is 3. The molecule has 0 saturated carbocycles. The number of amides is 1. The number of carbonyl (C=O) groups is 1. The smallest absolute Gasteiger partial charge is 0.289 e. The number of benzene rings is 1. The molecular formula is C21H22N4O3. The molecule has 7 heteroatoms. The zero-order valence-electron chi connectivity index (χ0n) is 15.6. The summed E-state index contributed by atoms with van der Waals surface area (Å²) >= 11 is 0. The number of ether oxygens (including phenoxy) is 1. The van der Waals surface area contributed by atoms with Gasteiger partial charge < -0.3 is 19.0 Å². The standard InChI is InChI=1S/C21H22N4O3/c26-20(18-13-15-5-1-2-6-17(15)28-18)25-11-12-27-19(14-25)16-7-8-22-21(23-16)24-9-3-4-10-24/h1-2,5-8,13,19H,3-4,9-12,14H2. The van der Waals surface area contributed by atoms with E-state index < -0.39 is 0 Å². The zero-order valence-corrected chi connectivity index (χ0v) is 15.6. The van der Waals surface area contributed by atoms with Gasteiger partial charge in [-0.1, -0.05) is 18.2 Å². The lowest BCUT2D eigenvalue weighted by Crippen LogP contribution is -2.42. The fourth-order valence-corrected chi connectivity index (χ4v) is 3.87. The van der Waals surface area contributed by atoms with Crippen molar-refractivity contribution in [3.05, 3.63) is 54.0 Å². The molecular weight excluding hydrogens is 356 g/mol. The maximum atomic E-state index is 13.0. The molecule has 1 unspecified atom stereocenters. The molecule has 28 heavy (non-hydrogen) atoms. The van der Waals surface area contributed by atoms with Crippen molar-refractivity contribution in [3.8, 4) is 0 Å². The van der Waals surface area contributed by atoms with Crippen LogP contribution in [0.4, 0.5) is 5.95 Å². The minimum atomic E-state index is -0.258. The lowest BCUT2D eigenvalue weighted by molar-refractivity contribution is -0.0256. The van der Waals surface area contributed by atoms with Gasteiger partial charge in [-0.2, -0.15) is 0 Å². The molecule has 2 aliphatic rings. The van der Waals surface area contributed by atoms with Crippen LogP contribution in [-0.4, -0.2) is 53.6 Å². The second kappa shape index (κ2) is 7.24. The Morgan fingerprint density at radius 1 is 1.11 bits per heavy atom. The van der Waals surface area contributed by atoms with Crippen molar-refractivity contribution >= 4 is 22.8 Å². The molecule has 2 aromatic heterocycles. The number of fused-ring (bicyclic) bond motifs is 1. The Morgan fingerprint density at radius 2 is 1.96 bits per heavy atom. The molecule has 0 aliphatic carbocycles. The van der Waals surface area contributed by atoms with E-state index in [9.17, 15) is 4.79 Å². The summed E-state index contributed by atoms with van der Waals surface area (Å²) in [6.07, 6.45) is 3.87. The van der Waals surface area contributed by atoms with E-state index in [1.54, 1.807) is 17.2 Å². The van der Waals surface area contributed by atoms with Gasteiger partial charge in [0.05, 0.1) is 18.8 Å². The van der Waals surface area contributed by atoms with Crippen LogP contribution in [0.2, 0.25) is 0 Å². The van der Waals surface area contributed by atoms with Gasteiger partial charge in [0.25, 0.3) is 5.91 Å². The molecule has 1 atom stereocenters. The van der Waals surface area contributed by atoms with Gasteiger partial charge in [-0.15, -0.1) is 0 Å². The maximum Gasteiger partial charge on any atom is 0.289 e. The second-order valence-corrected chi connectivity index (χ2v) is 7.23. The Labute approximate surface area is 162 Å². The highest BCUT2D eigenvalue weighted by molar-refractivity contribution is 5.96. The van der Waals surface area contributed by atoms with E-state index in [1.165, 1.54) is 12.8 Å². The number of anilines is 1. The van der Waals surface area contributed by atoms with Crippen LogP contribution in [0.3, 0.4) is 0 Å². The molecule has 1 aromatic carbocycles. The zero-order chi connectivity index (χ0) is 18.9. The van der Waals surface area contributed by atoms with E-state index in [0.29, 0.717) is 25.5 Å². The van der Waals surface area contributed by atoms with Gasteiger partial charge >= 0.3 is 0 Å². The summed E-state index contributed by atoms with van der Waals surface area (Å²) in [5, 5.41) is 0.932. The SMILES string of the molecule is O=C(c1cc2ccccc2o1)N1CCOC(c2ccnc(N3CCCC3)n2)C1. The van der Waals surface area contributed by atoms with E-state index >= 15 is 0 Å². The van der Waals surface area contributed by atoms with E-state index in [4.69, 9.17) is 14.1 Å². The second-order valence-electron chi connectivity index (χ2n) is 7.23. The normalized spacial score (nSPS) is 20.1. The lowest BCUT2D eigenvalue weighted by Gasteiger charge is -2.32. The minimum Gasteiger partial charge on any atom is -0.451 e. The van der Waals surface area contributed by atoms with Crippen molar-refractivity contribution in [1.29, 1.82) is 0 Å². The van der Waals surface area contributed by atoms with Gasteiger partial charge in [-0.05, 0) is 31.0 Å². The third kappa shape index (κ3) is 3.22. The van der Waals surface area contributed by atoms with Crippen molar-refractivity contribution in [2.75, 3.05) is 37.7 Å². The molecule has 144 valence electrons.